The quantitative estimate of drug-likeness (QED) is 0.0164. The number of aliphatic imine (C=N–C) groups is 2. The van der Waals surface area contributed by atoms with Crippen molar-refractivity contribution in [3.8, 4) is 0 Å². The Kier molecular flexibility index (Phi) is 46.1. The highest BCUT2D eigenvalue weighted by atomic mass is 16.4. The van der Waals surface area contributed by atoms with E-state index in [-0.39, 0.29) is 135 Å². The predicted molar refractivity (Wildman–Crippen MR) is 398 cm³/mol. The van der Waals surface area contributed by atoms with Crippen molar-refractivity contribution in [2.75, 3.05) is 45.8 Å². The summed E-state index contributed by atoms with van der Waals surface area (Å²) in [6, 6.07) is -19.3. The third-order valence-corrected chi connectivity index (χ3v) is 16.7. The van der Waals surface area contributed by atoms with E-state index in [1.807, 2.05) is 0 Å². The van der Waals surface area contributed by atoms with Crippen LogP contribution in [0.3, 0.4) is 0 Å². The topological polar surface area (TPSA) is 796 Å². The molecular weight excluding hydrogens is 1450 g/mol. The minimum atomic E-state index is -1.91. The number of aliphatic carboxylic acids is 1. The van der Waals surface area contributed by atoms with Gasteiger partial charge in [-0.3, -0.25) is 67.5 Å². The number of H-pyrrole nitrogens is 1. The molecule has 0 saturated carbocycles. The van der Waals surface area contributed by atoms with Gasteiger partial charge in [0.05, 0.1) is 25.0 Å². The Morgan fingerprint density at radius 3 is 1.28 bits per heavy atom. The lowest BCUT2D eigenvalue weighted by Gasteiger charge is -2.30. The van der Waals surface area contributed by atoms with Crippen LogP contribution in [0.2, 0.25) is 0 Å². The number of urea groups is 3. The number of hydrogen-bond donors (Lipinski definition) is 27. The summed E-state index contributed by atoms with van der Waals surface area (Å²) in [4.78, 5) is 228. The van der Waals surface area contributed by atoms with Gasteiger partial charge in [-0.2, -0.15) is 0 Å². The number of carboxylic acid groups (broad SMARTS) is 1. The number of nitrogens with two attached hydrogens (primary N) is 10. The molecule has 13 atom stereocenters. The summed E-state index contributed by atoms with van der Waals surface area (Å²) < 4.78 is 0. The van der Waals surface area contributed by atoms with E-state index in [1.54, 1.807) is 13.8 Å². The van der Waals surface area contributed by atoms with Crippen molar-refractivity contribution in [1.82, 2.24) is 84.4 Å². The van der Waals surface area contributed by atoms with Crippen molar-refractivity contribution in [1.29, 1.82) is 0 Å². The van der Waals surface area contributed by atoms with Crippen LogP contribution in [0.25, 0.3) is 0 Å². The maximum Gasteiger partial charge on any atom is 0.326 e. The molecule has 0 aliphatic carbocycles. The fraction of sp³-hybridized carbons (Fsp3) is 0.672. The van der Waals surface area contributed by atoms with Crippen LogP contribution in [-0.4, -0.2) is 245 Å². The molecule has 0 aliphatic heterocycles. The fourth-order valence-electron chi connectivity index (χ4n) is 10.5. The molecule has 0 radical (unpaired) electrons. The Labute approximate surface area is 635 Å². The van der Waals surface area contributed by atoms with E-state index < -0.39 is 199 Å². The smallest absolute Gasteiger partial charge is 0.326 e. The summed E-state index contributed by atoms with van der Waals surface area (Å²) in [7, 11) is 0. The molecule has 46 heteroatoms. The number of carbonyl (C=O) groups is 16. The Balaban J connectivity index is 3.64. The average molecular weight is 1570 g/mol. The first-order valence-corrected chi connectivity index (χ1v) is 35.9. The van der Waals surface area contributed by atoms with Gasteiger partial charge in [0.25, 0.3) is 0 Å². The molecule has 18 amide bonds. The molecule has 0 aliphatic rings. The lowest BCUT2D eigenvalue weighted by Crippen LogP contribution is -2.63. The summed E-state index contributed by atoms with van der Waals surface area (Å²) in [5, 5.41) is 55.4. The van der Waals surface area contributed by atoms with Crippen LogP contribution in [0.4, 0.5) is 14.4 Å². The second-order valence-electron chi connectivity index (χ2n) is 26.2. The Morgan fingerprint density at radius 2 is 0.855 bits per heavy atom. The largest absolute Gasteiger partial charge is 0.480 e. The van der Waals surface area contributed by atoms with Gasteiger partial charge in [-0.15, -0.1) is 0 Å². The first-order chi connectivity index (χ1) is 51.8. The molecule has 1 aromatic heterocycles. The monoisotopic (exact) mass is 1560 g/mol. The van der Waals surface area contributed by atoms with Gasteiger partial charge >= 0.3 is 24.1 Å². The molecule has 1 aromatic rings. The van der Waals surface area contributed by atoms with Crippen molar-refractivity contribution in [2.24, 2.45) is 79.2 Å². The normalized spacial score (nSPS) is 14.5. The van der Waals surface area contributed by atoms with Gasteiger partial charge in [-0.1, -0.05) is 34.1 Å². The minimum Gasteiger partial charge on any atom is -0.480 e. The maximum absolute atomic E-state index is 14.6. The molecule has 0 fully saturated rings. The van der Waals surface area contributed by atoms with E-state index >= 15 is 0 Å². The van der Waals surface area contributed by atoms with Crippen molar-refractivity contribution >= 4 is 107 Å². The van der Waals surface area contributed by atoms with E-state index in [2.05, 4.69) is 94.4 Å². The standard InChI is InChI=1S/C64H116N28O18/c1-6-33(4)47(91-54(101)39(18-11-24-77-61(70)71)85-52(99)41(20-21-44(67)94)86-55(102)43(28-35-29-75-31-82-35)89-49(96)36(66)14-9-25-78-62(72)108)57(104)92-48(34(5)93)58(105)87-40(19-13-27-80-64(74)110)53(100)90-46(32(2)3)56(103)81-30-45(95)83-37(16-12-26-79-63(73)109)50(97)84-38(17-10-23-76-60(68)69)51(98)88-42(59(106)107)15-7-8-22-65/h29,31-34,36-43,46-48,93H,6-28,30,65-66H2,1-5H3,(H2,67,94)(H,75,82)(H,81,103)(H,83,95)(H,84,97)(H,85,99)(H,86,102)(H,87,105)(H,88,98)(H,89,96)(H,90,100)(H,91,101)(H,92,104)(H,106,107)(H4,68,69,76)(H4,70,71,77)(H3,72,78,108)(H3,73,79,109)(H3,74,80,110)/t33-,34+,36-,37-,38-,39-,40-,41-,42-,43-,46-,47-,48-/m0/s1. The number of aliphatic hydroxyl groups excluding tert-OH is 1. The number of aromatic amines is 1. The zero-order valence-electron chi connectivity index (χ0n) is 62.7. The number of hydrogen-bond acceptors (Lipinski definition) is 22. The van der Waals surface area contributed by atoms with Gasteiger partial charge in [-0.05, 0) is 115 Å². The van der Waals surface area contributed by atoms with Crippen LogP contribution in [0, 0.1) is 11.8 Å². The molecular formula is C64H116N28O18. The second-order valence-corrected chi connectivity index (χ2v) is 26.2. The van der Waals surface area contributed by atoms with Crippen molar-refractivity contribution in [3.63, 3.8) is 0 Å². The summed E-state index contributed by atoms with van der Waals surface area (Å²) in [6.45, 7) is 6.53. The number of nitrogens with one attached hydrogen (secondary N) is 15. The predicted octanol–water partition coefficient (Wildman–Crippen LogP) is -9.74. The average Bonchev–Trinajstić information content (AvgIpc) is 0.853. The number of aromatic nitrogens is 2. The number of imidazole rings is 1. The SMILES string of the molecule is CC[C@H](C)[C@H](NC(=O)[C@H](CCCN=C(N)N)NC(=O)[C@H](CCC(N)=O)NC(=O)[C@H](Cc1cnc[nH]1)NC(=O)[C@@H](N)CCCNC(N)=O)C(=O)N[C@H](C(=O)N[C@@H](CCCNC(N)=O)C(=O)N[C@H](C(=O)NCC(=O)N[C@@H](CCCNC(N)=O)C(=O)N[C@@H](CCCN=C(N)N)C(=O)N[C@@H](CCCCN)C(=O)O)C(C)C)[C@@H](C)O. The van der Waals surface area contributed by atoms with E-state index in [4.69, 9.17) is 57.3 Å². The van der Waals surface area contributed by atoms with Gasteiger partial charge in [0.2, 0.25) is 70.9 Å². The summed E-state index contributed by atoms with van der Waals surface area (Å²) >= 11 is 0. The molecule has 0 bridgehead atoms. The zero-order chi connectivity index (χ0) is 83.2. The summed E-state index contributed by atoms with van der Waals surface area (Å²) in [5.41, 5.74) is 55.1. The zero-order valence-corrected chi connectivity index (χ0v) is 62.7. The maximum atomic E-state index is 14.6. The third kappa shape index (κ3) is 40.5. The Bertz CT molecular complexity index is 3240. The molecule has 110 heavy (non-hydrogen) atoms. The van der Waals surface area contributed by atoms with Gasteiger partial charge in [0.15, 0.2) is 11.9 Å². The molecule has 0 unspecified atom stereocenters. The van der Waals surface area contributed by atoms with Crippen LogP contribution in [0.5, 0.6) is 0 Å². The summed E-state index contributed by atoms with van der Waals surface area (Å²) in [5.74, 6) is -15.3. The fourth-order valence-corrected chi connectivity index (χ4v) is 10.5. The van der Waals surface area contributed by atoms with Gasteiger partial charge in [0, 0.05) is 57.5 Å². The van der Waals surface area contributed by atoms with E-state index in [0.29, 0.717) is 18.5 Å². The van der Waals surface area contributed by atoms with Crippen molar-refractivity contribution in [2.45, 2.75) is 216 Å². The first kappa shape index (κ1) is 96.6. The van der Waals surface area contributed by atoms with Gasteiger partial charge in [0.1, 0.15) is 60.4 Å². The highest BCUT2D eigenvalue weighted by Gasteiger charge is 2.38. The lowest BCUT2D eigenvalue weighted by atomic mass is 9.96. The lowest BCUT2D eigenvalue weighted by molar-refractivity contribution is -0.142. The first-order valence-electron chi connectivity index (χ1n) is 35.9. The third-order valence-electron chi connectivity index (χ3n) is 16.7. The molecule has 46 nitrogen and oxygen atoms in total. The van der Waals surface area contributed by atoms with E-state index in [1.165, 1.54) is 26.4 Å². The number of carbonyl (C=O) groups excluding carboxylic acids is 15. The van der Waals surface area contributed by atoms with Crippen LogP contribution >= 0.6 is 0 Å². The number of nitrogens with zero attached hydrogens (tertiary/aromatic N) is 3. The highest BCUT2D eigenvalue weighted by Crippen LogP contribution is 2.14. The number of unbranched alkanes of at least 4 members (excludes halogenated alkanes) is 1. The van der Waals surface area contributed by atoms with Crippen LogP contribution in [0.1, 0.15) is 143 Å². The van der Waals surface area contributed by atoms with Crippen molar-refractivity contribution in [3.05, 3.63) is 18.2 Å². The molecule has 1 rings (SSSR count). The van der Waals surface area contributed by atoms with Crippen LogP contribution in [0.15, 0.2) is 22.5 Å². The number of carboxylic acids is 1. The number of guanidine groups is 2. The number of aliphatic hydroxyl groups is 1. The molecule has 0 aromatic carbocycles. The molecule has 0 saturated heterocycles. The molecule has 37 N–H and O–H groups in total. The Hall–Kier alpha value is -11.4. The number of amides is 18. The van der Waals surface area contributed by atoms with E-state index in [9.17, 15) is 86.9 Å². The Morgan fingerprint density at radius 1 is 0.455 bits per heavy atom. The highest BCUT2D eigenvalue weighted by molar-refractivity contribution is 5.99. The summed E-state index contributed by atoms with van der Waals surface area (Å²) in [6.07, 6.45) is 0.203. The molecule has 1 heterocycles. The second kappa shape index (κ2) is 52.5. The minimum absolute atomic E-state index is 0.000689. The number of rotatable bonds is 56. The number of primary amides is 4. The van der Waals surface area contributed by atoms with E-state index in [0.717, 1.165) is 6.92 Å². The van der Waals surface area contributed by atoms with Crippen LogP contribution < -0.4 is 132 Å². The molecule has 620 valence electrons. The molecule has 0 spiro atoms. The van der Waals surface area contributed by atoms with Crippen LogP contribution in [-0.2, 0) is 68.7 Å². The van der Waals surface area contributed by atoms with Gasteiger partial charge in [-0.25, -0.2) is 24.2 Å². The van der Waals surface area contributed by atoms with Gasteiger partial charge < -0.3 is 147 Å². The van der Waals surface area contributed by atoms with Crippen molar-refractivity contribution < 1.29 is 86.9 Å².